The van der Waals surface area contributed by atoms with Crippen LogP contribution in [0.15, 0.2) is 0 Å². The fourth-order valence-corrected chi connectivity index (χ4v) is 0.982. The SMILES string of the molecule is CCN(C)SI. The predicted molar refractivity (Wildman–Crippen MR) is 39.9 cm³/mol. The Balaban J connectivity index is 2.75. The van der Waals surface area contributed by atoms with Crippen LogP contribution in [-0.4, -0.2) is 17.9 Å². The molecular formula is C3H8INS. The first-order chi connectivity index (χ1) is 2.81. The molecule has 0 spiro atoms. The lowest BCUT2D eigenvalue weighted by Gasteiger charge is -2.03. The minimum absolute atomic E-state index is 1.12. The van der Waals surface area contributed by atoms with Crippen molar-refractivity contribution in [3.8, 4) is 0 Å². The van der Waals surface area contributed by atoms with E-state index in [0.717, 1.165) is 6.54 Å². The molecule has 0 amide bonds. The van der Waals surface area contributed by atoms with Crippen molar-refractivity contribution in [1.82, 2.24) is 4.31 Å². The van der Waals surface area contributed by atoms with Crippen molar-refractivity contribution in [2.45, 2.75) is 6.92 Å². The molecule has 0 bridgehead atoms. The van der Waals surface area contributed by atoms with Crippen LogP contribution in [0.1, 0.15) is 6.92 Å². The third-order valence-corrected chi connectivity index (χ3v) is 3.07. The molecule has 0 atom stereocenters. The van der Waals surface area contributed by atoms with Crippen molar-refractivity contribution >= 4 is 30.3 Å². The highest BCUT2D eigenvalue weighted by molar-refractivity contribution is 14.2. The number of halogens is 1. The molecule has 0 fully saturated rings. The molecule has 0 radical (unpaired) electrons. The molecule has 0 N–H and O–H groups in total. The van der Waals surface area contributed by atoms with Gasteiger partial charge in [-0.2, -0.15) is 0 Å². The van der Waals surface area contributed by atoms with Gasteiger partial charge in [-0.05, 0) is 16.2 Å². The molecule has 38 valence electrons. The summed E-state index contributed by atoms with van der Waals surface area (Å²) in [5.74, 6) is 0. The van der Waals surface area contributed by atoms with Gasteiger partial charge in [-0.1, -0.05) is 6.92 Å². The molecule has 0 saturated heterocycles. The monoisotopic (exact) mass is 217 g/mol. The highest BCUT2D eigenvalue weighted by Gasteiger charge is 1.84. The molecule has 0 aliphatic rings. The van der Waals surface area contributed by atoms with E-state index in [2.05, 4.69) is 39.5 Å². The van der Waals surface area contributed by atoms with E-state index in [0.29, 0.717) is 0 Å². The van der Waals surface area contributed by atoms with Crippen LogP contribution in [0.25, 0.3) is 0 Å². The molecule has 0 saturated carbocycles. The number of rotatable bonds is 2. The summed E-state index contributed by atoms with van der Waals surface area (Å²) in [5.41, 5.74) is 0. The fraction of sp³-hybridized carbons (Fsp3) is 1.00. The van der Waals surface area contributed by atoms with Gasteiger partial charge in [0, 0.05) is 27.8 Å². The summed E-state index contributed by atoms with van der Waals surface area (Å²) in [4.78, 5) is 0. The van der Waals surface area contributed by atoms with Crippen LogP contribution in [-0.2, 0) is 0 Å². The summed E-state index contributed by atoms with van der Waals surface area (Å²) in [6.07, 6.45) is 0. The van der Waals surface area contributed by atoms with E-state index in [1.165, 1.54) is 0 Å². The number of hydrogen-bond donors (Lipinski definition) is 0. The second kappa shape index (κ2) is 4.21. The third-order valence-electron chi connectivity index (χ3n) is 0.563. The van der Waals surface area contributed by atoms with Gasteiger partial charge >= 0.3 is 0 Å². The molecule has 6 heavy (non-hydrogen) atoms. The Kier molecular flexibility index (Phi) is 4.93. The summed E-state index contributed by atoms with van der Waals surface area (Å²) in [6, 6.07) is 0. The molecular weight excluding hydrogens is 209 g/mol. The van der Waals surface area contributed by atoms with Crippen LogP contribution in [0.5, 0.6) is 0 Å². The summed E-state index contributed by atoms with van der Waals surface area (Å²) in [6.45, 7) is 3.25. The van der Waals surface area contributed by atoms with Gasteiger partial charge in [-0.3, -0.25) is 0 Å². The van der Waals surface area contributed by atoms with Crippen LogP contribution in [0, 0.1) is 0 Å². The smallest absolute Gasteiger partial charge is 0.0146 e. The Morgan fingerprint density at radius 2 is 2.33 bits per heavy atom. The van der Waals surface area contributed by atoms with Gasteiger partial charge in [0.1, 0.15) is 0 Å². The zero-order valence-electron chi connectivity index (χ0n) is 3.94. The van der Waals surface area contributed by atoms with Gasteiger partial charge in [0.15, 0.2) is 0 Å². The Morgan fingerprint density at radius 1 is 1.83 bits per heavy atom. The fourth-order valence-electron chi connectivity index (χ4n) is 0.0488. The van der Waals surface area contributed by atoms with Crippen molar-refractivity contribution in [3.63, 3.8) is 0 Å². The Bertz CT molecular complexity index is 30.0. The van der Waals surface area contributed by atoms with E-state index >= 15 is 0 Å². The van der Waals surface area contributed by atoms with E-state index in [-0.39, 0.29) is 0 Å². The van der Waals surface area contributed by atoms with Crippen LogP contribution < -0.4 is 0 Å². The van der Waals surface area contributed by atoms with Gasteiger partial charge < -0.3 is 0 Å². The first-order valence-corrected chi connectivity index (χ1v) is 5.12. The van der Waals surface area contributed by atoms with Crippen LogP contribution in [0.2, 0.25) is 0 Å². The van der Waals surface area contributed by atoms with E-state index in [1.807, 2.05) is 0 Å². The molecule has 0 aliphatic heterocycles. The molecule has 0 aromatic carbocycles. The third kappa shape index (κ3) is 3.24. The summed E-state index contributed by atoms with van der Waals surface area (Å²) < 4.78 is 2.15. The average Bonchev–Trinajstić information content (AvgIpc) is 1.65. The molecule has 0 aromatic heterocycles. The van der Waals surface area contributed by atoms with Crippen molar-refractivity contribution in [2.75, 3.05) is 13.6 Å². The van der Waals surface area contributed by atoms with E-state index in [9.17, 15) is 0 Å². The Hall–Kier alpha value is 1.04. The minimum atomic E-state index is 1.12. The number of nitrogens with zero attached hydrogens (tertiary/aromatic N) is 1. The normalized spacial score (nSPS) is 10.0. The van der Waals surface area contributed by atoms with Crippen molar-refractivity contribution in [3.05, 3.63) is 0 Å². The molecule has 0 aromatic rings. The second-order valence-electron chi connectivity index (χ2n) is 1.01. The molecule has 0 unspecified atom stereocenters. The lowest BCUT2D eigenvalue weighted by atomic mass is 10.8. The maximum atomic E-state index is 2.26. The summed E-state index contributed by atoms with van der Waals surface area (Å²) in [5, 5.41) is 0. The lowest BCUT2D eigenvalue weighted by molar-refractivity contribution is 0.610. The van der Waals surface area contributed by atoms with Crippen LogP contribution in [0.3, 0.4) is 0 Å². The zero-order chi connectivity index (χ0) is 4.99. The van der Waals surface area contributed by atoms with Gasteiger partial charge in [0.2, 0.25) is 0 Å². The van der Waals surface area contributed by atoms with Gasteiger partial charge in [0.25, 0.3) is 0 Å². The largest absolute Gasteiger partial charge is 0.245 e. The van der Waals surface area contributed by atoms with E-state index in [1.54, 1.807) is 9.12 Å². The highest BCUT2D eigenvalue weighted by atomic mass is 127. The maximum Gasteiger partial charge on any atom is 0.0146 e. The standard InChI is InChI=1S/C3H8INS/c1-3-5(2)6-4/h3H2,1-2H3. The molecule has 1 nitrogen and oxygen atoms in total. The average molecular weight is 217 g/mol. The van der Waals surface area contributed by atoms with Crippen LogP contribution >= 0.6 is 30.3 Å². The zero-order valence-corrected chi connectivity index (χ0v) is 6.91. The van der Waals surface area contributed by atoms with E-state index in [4.69, 9.17) is 0 Å². The topological polar surface area (TPSA) is 3.24 Å². The predicted octanol–water partition coefficient (Wildman–Crippen LogP) is 1.94. The summed E-state index contributed by atoms with van der Waals surface area (Å²) >= 11 is 2.26. The molecule has 0 aliphatic carbocycles. The quantitative estimate of drug-likeness (QED) is 0.513. The first kappa shape index (κ1) is 7.04. The Morgan fingerprint density at radius 3 is 2.33 bits per heavy atom. The first-order valence-electron chi connectivity index (χ1n) is 1.81. The van der Waals surface area contributed by atoms with Crippen molar-refractivity contribution in [1.29, 1.82) is 0 Å². The number of hydrogen-bond acceptors (Lipinski definition) is 2. The van der Waals surface area contributed by atoms with Gasteiger partial charge in [0.05, 0.1) is 0 Å². The highest BCUT2D eigenvalue weighted by Crippen LogP contribution is 2.13. The Labute approximate surface area is 55.2 Å². The van der Waals surface area contributed by atoms with E-state index < -0.39 is 0 Å². The minimum Gasteiger partial charge on any atom is -0.245 e. The molecule has 0 heterocycles. The molecule has 0 rings (SSSR count). The second-order valence-corrected chi connectivity index (χ2v) is 2.96. The molecule has 3 heteroatoms. The lowest BCUT2D eigenvalue weighted by Crippen LogP contribution is -2.03. The van der Waals surface area contributed by atoms with Gasteiger partial charge in [-0.15, -0.1) is 0 Å². The van der Waals surface area contributed by atoms with Crippen molar-refractivity contribution < 1.29 is 0 Å². The van der Waals surface area contributed by atoms with Crippen LogP contribution in [0.4, 0.5) is 0 Å². The van der Waals surface area contributed by atoms with Gasteiger partial charge in [-0.25, -0.2) is 4.31 Å². The van der Waals surface area contributed by atoms with Crippen molar-refractivity contribution in [2.24, 2.45) is 0 Å². The summed E-state index contributed by atoms with van der Waals surface area (Å²) in [7, 11) is 3.79. The maximum absolute atomic E-state index is 2.26.